The lowest BCUT2D eigenvalue weighted by atomic mass is 9.76. The Bertz CT molecular complexity index is 444. The van der Waals surface area contributed by atoms with E-state index in [-0.39, 0.29) is 5.41 Å². The average Bonchev–Trinajstić information content (AvgIpc) is 2.98. The summed E-state index contributed by atoms with van der Waals surface area (Å²) < 4.78 is 5.68. The van der Waals surface area contributed by atoms with Crippen LogP contribution in [0.4, 0.5) is 0 Å². The molecule has 0 bridgehead atoms. The van der Waals surface area contributed by atoms with Gasteiger partial charge >= 0.3 is 0 Å². The van der Waals surface area contributed by atoms with Crippen LogP contribution in [0.2, 0.25) is 0 Å². The minimum absolute atomic E-state index is 0.0941. The minimum Gasteiger partial charge on any atom is -0.339 e. The van der Waals surface area contributed by atoms with Crippen LogP contribution in [0.1, 0.15) is 43.9 Å². The van der Waals surface area contributed by atoms with Crippen molar-refractivity contribution in [1.29, 1.82) is 0 Å². The van der Waals surface area contributed by atoms with Crippen LogP contribution in [0.5, 0.6) is 0 Å². The molecule has 2 aliphatic rings. The largest absolute Gasteiger partial charge is 0.339 e. The molecule has 6 heteroatoms. The third kappa shape index (κ3) is 2.61. The number of hydrogen-bond acceptors (Lipinski definition) is 6. The molecule has 0 aliphatic carbocycles. The second-order valence-corrected chi connectivity index (χ2v) is 7.06. The number of thioether (sulfide) groups is 1. The Morgan fingerprint density at radius 3 is 2.95 bits per heavy atom. The molecule has 3 heterocycles. The smallest absolute Gasteiger partial charge is 0.233 e. The zero-order valence-electron chi connectivity index (χ0n) is 12.4. The second-order valence-electron chi connectivity index (χ2n) is 5.91. The van der Waals surface area contributed by atoms with Crippen molar-refractivity contribution >= 4 is 11.8 Å². The molecule has 20 heavy (non-hydrogen) atoms. The molecule has 1 atom stereocenters. The number of aromatic nitrogens is 2. The molecule has 0 spiro atoms. The summed E-state index contributed by atoms with van der Waals surface area (Å²) in [5.41, 5.74) is 0.0941. The maximum Gasteiger partial charge on any atom is 0.233 e. The van der Waals surface area contributed by atoms with E-state index in [1.807, 2.05) is 11.8 Å². The van der Waals surface area contributed by atoms with Gasteiger partial charge in [0, 0.05) is 18.1 Å². The first-order chi connectivity index (χ1) is 9.75. The Hall–Kier alpha value is -0.590. The summed E-state index contributed by atoms with van der Waals surface area (Å²) in [6, 6.07) is 0.307. The fourth-order valence-corrected chi connectivity index (χ4v) is 4.38. The van der Waals surface area contributed by atoms with Gasteiger partial charge in [0.1, 0.15) is 0 Å². The lowest BCUT2D eigenvalue weighted by Gasteiger charge is -2.33. The normalized spacial score (nSPS) is 27.6. The van der Waals surface area contributed by atoms with E-state index in [9.17, 15) is 0 Å². The summed E-state index contributed by atoms with van der Waals surface area (Å²) in [7, 11) is 2.15. The lowest BCUT2D eigenvalue weighted by molar-refractivity contribution is 0.214. The highest BCUT2D eigenvalue weighted by molar-refractivity contribution is 7.99. The molecular formula is C14H24N4OS. The van der Waals surface area contributed by atoms with E-state index in [4.69, 9.17) is 9.51 Å². The first-order valence-corrected chi connectivity index (χ1v) is 8.73. The molecule has 1 aromatic rings. The maximum atomic E-state index is 5.68. The van der Waals surface area contributed by atoms with Gasteiger partial charge in [-0.2, -0.15) is 16.7 Å². The molecule has 2 saturated heterocycles. The number of piperidine rings is 1. The van der Waals surface area contributed by atoms with Gasteiger partial charge in [-0.05, 0) is 39.4 Å². The molecule has 0 amide bonds. The fourth-order valence-electron chi connectivity index (χ4n) is 3.17. The number of nitrogens with one attached hydrogen (secondary N) is 1. The zero-order chi connectivity index (χ0) is 14.0. The molecule has 1 unspecified atom stereocenters. The SMILES string of the molecule is CCC1(c2nc(C3CSCCN3C)no2)CCNCC1. The van der Waals surface area contributed by atoms with Crippen LogP contribution >= 0.6 is 11.8 Å². The van der Waals surface area contributed by atoms with Crippen molar-refractivity contribution in [2.45, 2.75) is 37.6 Å². The van der Waals surface area contributed by atoms with Crippen molar-refractivity contribution < 1.29 is 4.52 Å². The monoisotopic (exact) mass is 296 g/mol. The van der Waals surface area contributed by atoms with Crippen LogP contribution in [0.15, 0.2) is 4.52 Å². The summed E-state index contributed by atoms with van der Waals surface area (Å²) in [5, 5.41) is 7.72. The van der Waals surface area contributed by atoms with Crippen LogP contribution in [0.25, 0.3) is 0 Å². The van der Waals surface area contributed by atoms with Crippen LogP contribution in [-0.2, 0) is 5.41 Å². The van der Waals surface area contributed by atoms with Gasteiger partial charge in [-0.3, -0.25) is 4.90 Å². The molecule has 2 aliphatic heterocycles. The predicted octanol–water partition coefficient (Wildman–Crippen LogP) is 1.82. The van der Waals surface area contributed by atoms with Crippen molar-refractivity contribution in [3.05, 3.63) is 11.7 Å². The molecule has 0 radical (unpaired) electrons. The highest BCUT2D eigenvalue weighted by Crippen LogP contribution is 2.36. The van der Waals surface area contributed by atoms with Gasteiger partial charge in [-0.1, -0.05) is 12.1 Å². The predicted molar refractivity (Wildman–Crippen MR) is 81.1 cm³/mol. The quantitative estimate of drug-likeness (QED) is 0.918. The van der Waals surface area contributed by atoms with E-state index in [1.165, 1.54) is 5.75 Å². The lowest BCUT2D eigenvalue weighted by Crippen LogP contribution is -2.39. The third-order valence-corrected chi connectivity index (χ3v) is 5.85. The van der Waals surface area contributed by atoms with Crippen LogP contribution < -0.4 is 5.32 Å². The van der Waals surface area contributed by atoms with E-state index in [0.717, 1.165) is 56.4 Å². The van der Waals surface area contributed by atoms with Crippen molar-refractivity contribution in [3.63, 3.8) is 0 Å². The van der Waals surface area contributed by atoms with E-state index in [2.05, 4.69) is 29.3 Å². The summed E-state index contributed by atoms with van der Waals surface area (Å²) in [6.07, 6.45) is 3.27. The van der Waals surface area contributed by atoms with Crippen LogP contribution in [0.3, 0.4) is 0 Å². The minimum atomic E-state index is 0.0941. The average molecular weight is 296 g/mol. The molecule has 1 aromatic heterocycles. The molecule has 112 valence electrons. The molecule has 5 nitrogen and oxygen atoms in total. The van der Waals surface area contributed by atoms with Crippen LogP contribution in [-0.4, -0.2) is 53.2 Å². The van der Waals surface area contributed by atoms with Crippen LogP contribution in [0, 0.1) is 0 Å². The van der Waals surface area contributed by atoms with E-state index < -0.39 is 0 Å². The molecule has 0 saturated carbocycles. The Kier molecular flexibility index (Phi) is 4.33. The highest BCUT2D eigenvalue weighted by atomic mass is 32.2. The Morgan fingerprint density at radius 2 is 2.25 bits per heavy atom. The summed E-state index contributed by atoms with van der Waals surface area (Å²) >= 11 is 1.98. The van der Waals surface area contributed by atoms with Gasteiger partial charge in [-0.25, -0.2) is 0 Å². The van der Waals surface area contributed by atoms with E-state index in [0.29, 0.717) is 6.04 Å². The number of nitrogens with zero attached hydrogens (tertiary/aromatic N) is 3. The third-order valence-electron chi connectivity index (χ3n) is 4.83. The van der Waals surface area contributed by atoms with Gasteiger partial charge < -0.3 is 9.84 Å². The standard InChI is InChI=1S/C14H24N4OS/c1-3-14(4-6-15-7-5-14)13-16-12(17-19-13)11-10-20-9-8-18(11)2/h11,15H,3-10H2,1-2H3. The maximum absolute atomic E-state index is 5.68. The van der Waals surface area contributed by atoms with Gasteiger partial charge in [0.15, 0.2) is 5.82 Å². The number of rotatable bonds is 3. The topological polar surface area (TPSA) is 54.2 Å². The molecule has 2 fully saturated rings. The Morgan fingerprint density at radius 1 is 1.45 bits per heavy atom. The van der Waals surface area contributed by atoms with Crippen molar-refractivity contribution in [3.8, 4) is 0 Å². The summed E-state index contributed by atoms with van der Waals surface area (Å²) in [5.74, 6) is 4.00. The van der Waals surface area contributed by atoms with Crippen molar-refractivity contribution in [2.75, 3.05) is 38.2 Å². The Balaban J connectivity index is 1.81. The fraction of sp³-hybridized carbons (Fsp3) is 0.857. The van der Waals surface area contributed by atoms with Crippen molar-refractivity contribution in [2.24, 2.45) is 0 Å². The Labute approximate surface area is 124 Å². The summed E-state index contributed by atoms with van der Waals surface area (Å²) in [6.45, 7) is 5.43. The number of hydrogen-bond donors (Lipinski definition) is 1. The first-order valence-electron chi connectivity index (χ1n) is 7.58. The first kappa shape index (κ1) is 14.4. The molecule has 3 rings (SSSR count). The van der Waals surface area contributed by atoms with Gasteiger partial charge in [0.2, 0.25) is 5.89 Å². The molecule has 1 N–H and O–H groups in total. The molecule has 0 aromatic carbocycles. The van der Waals surface area contributed by atoms with E-state index >= 15 is 0 Å². The van der Waals surface area contributed by atoms with Gasteiger partial charge in [-0.15, -0.1) is 0 Å². The van der Waals surface area contributed by atoms with Gasteiger partial charge in [0.05, 0.1) is 11.5 Å². The summed E-state index contributed by atoms with van der Waals surface area (Å²) in [4.78, 5) is 7.13. The van der Waals surface area contributed by atoms with Gasteiger partial charge in [0.25, 0.3) is 0 Å². The molecular weight excluding hydrogens is 272 g/mol. The van der Waals surface area contributed by atoms with E-state index in [1.54, 1.807) is 0 Å². The highest BCUT2D eigenvalue weighted by Gasteiger charge is 2.38. The zero-order valence-corrected chi connectivity index (χ0v) is 13.2. The second kappa shape index (κ2) is 6.03. The van der Waals surface area contributed by atoms with Crippen molar-refractivity contribution in [1.82, 2.24) is 20.4 Å².